The summed E-state index contributed by atoms with van der Waals surface area (Å²) >= 11 is 3.37. The molecule has 0 spiro atoms. The van der Waals surface area contributed by atoms with Crippen molar-refractivity contribution in [3.63, 3.8) is 0 Å². The van der Waals surface area contributed by atoms with Crippen LogP contribution in [0.2, 0.25) is 0 Å². The zero-order chi connectivity index (χ0) is 11.8. The molecule has 1 fully saturated rings. The van der Waals surface area contributed by atoms with Gasteiger partial charge in [-0.1, -0.05) is 0 Å². The van der Waals surface area contributed by atoms with Crippen LogP contribution in [0.5, 0.6) is 0 Å². The maximum absolute atomic E-state index is 13.8. The standard InChI is InChI=1S/C13H13BrFNO/c14-10-3-4-11(15)12-8(7-17-13(10)12)5-6-16-9-1-2-9/h3-4,7,9,16H,1-2,5-6H2. The molecule has 0 aliphatic heterocycles. The van der Waals surface area contributed by atoms with Gasteiger partial charge in [0.05, 0.1) is 16.1 Å². The van der Waals surface area contributed by atoms with Crippen LogP contribution in [-0.4, -0.2) is 12.6 Å². The van der Waals surface area contributed by atoms with E-state index in [2.05, 4.69) is 21.2 Å². The summed E-state index contributed by atoms with van der Waals surface area (Å²) in [7, 11) is 0. The molecule has 1 aromatic carbocycles. The molecular weight excluding hydrogens is 285 g/mol. The van der Waals surface area contributed by atoms with Gasteiger partial charge < -0.3 is 9.73 Å². The maximum atomic E-state index is 13.8. The summed E-state index contributed by atoms with van der Waals surface area (Å²) in [6.07, 6.45) is 5.00. The molecule has 0 bridgehead atoms. The van der Waals surface area contributed by atoms with Gasteiger partial charge in [0.15, 0.2) is 5.58 Å². The fourth-order valence-electron chi connectivity index (χ4n) is 2.02. The van der Waals surface area contributed by atoms with Crippen LogP contribution in [0.3, 0.4) is 0 Å². The Hall–Kier alpha value is -0.870. The number of fused-ring (bicyclic) bond motifs is 1. The first-order valence-electron chi connectivity index (χ1n) is 5.83. The van der Waals surface area contributed by atoms with Crippen molar-refractivity contribution in [1.29, 1.82) is 0 Å². The van der Waals surface area contributed by atoms with Gasteiger partial charge in [-0.25, -0.2) is 4.39 Å². The van der Waals surface area contributed by atoms with Crippen molar-refractivity contribution >= 4 is 26.9 Å². The van der Waals surface area contributed by atoms with Crippen LogP contribution in [0.1, 0.15) is 18.4 Å². The van der Waals surface area contributed by atoms with E-state index >= 15 is 0 Å². The second-order valence-electron chi connectivity index (χ2n) is 4.47. The molecule has 90 valence electrons. The van der Waals surface area contributed by atoms with Crippen LogP contribution >= 0.6 is 15.9 Å². The molecule has 1 aliphatic carbocycles. The molecule has 1 aliphatic rings. The zero-order valence-electron chi connectivity index (χ0n) is 9.30. The van der Waals surface area contributed by atoms with Crippen molar-refractivity contribution in [2.24, 2.45) is 0 Å². The smallest absolute Gasteiger partial charge is 0.151 e. The third-order valence-electron chi connectivity index (χ3n) is 3.10. The normalized spacial score (nSPS) is 15.6. The van der Waals surface area contributed by atoms with Gasteiger partial charge in [-0.3, -0.25) is 0 Å². The summed E-state index contributed by atoms with van der Waals surface area (Å²) in [5, 5.41) is 4.03. The minimum absolute atomic E-state index is 0.210. The Morgan fingerprint density at radius 1 is 1.41 bits per heavy atom. The second kappa shape index (κ2) is 4.42. The van der Waals surface area contributed by atoms with Crippen LogP contribution in [0.4, 0.5) is 4.39 Å². The highest BCUT2D eigenvalue weighted by Gasteiger charge is 2.20. The van der Waals surface area contributed by atoms with Gasteiger partial charge in [-0.05, 0) is 53.9 Å². The van der Waals surface area contributed by atoms with Crippen LogP contribution in [-0.2, 0) is 6.42 Å². The molecule has 0 radical (unpaired) electrons. The predicted octanol–water partition coefficient (Wildman–Crippen LogP) is 3.63. The van der Waals surface area contributed by atoms with Gasteiger partial charge in [0.1, 0.15) is 5.82 Å². The van der Waals surface area contributed by atoms with Crippen LogP contribution in [0.25, 0.3) is 11.0 Å². The van der Waals surface area contributed by atoms with E-state index in [1.165, 1.54) is 18.9 Å². The molecule has 2 nitrogen and oxygen atoms in total. The van der Waals surface area contributed by atoms with Gasteiger partial charge in [0, 0.05) is 11.6 Å². The van der Waals surface area contributed by atoms with Gasteiger partial charge in [0.25, 0.3) is 0 Å². The summed E-state index contributed by atoms with van der Waals surface area (Å²) in [4.78, 5) is 0. The molecule has 1 saturated carbocycles. The quantitative estimate of drug-likeness (QED) is 0.932. The lowest BCUT2D eigenvalue weighted by atomic mass is 10.1. The van der Waals surface area contributed by atoms with E-state index in [0.29, 0.717) is 17.0 Å². The summed E-state index contributed by atoms with van der Waals surface area (Å²) in [5.74, 6) is -0.210. The van der Waals surface area contributed by atoms with Gasteiger partial charge in [-0.15, -0.1) is 0 Å². The van der Waals surface area contributed by atoms with Crippen molar-refractivity contribution in [3.8, 4) is 0 Å². The SMILES string of the molecule is Fc1ccc(Br)c2occ(CCNC3CC3)c12. The first kappa shape index (κ1) is 11.2. The van der Waals surface area contributed by atoms with E-state index < -0.39 is 0 Å². The molecule has 0 amide bonds. The number of rotatable bonds is 4. The average molecular weight is 298 g/mol. The van der Waals surface area contributed by atoms with Crippen molar-refractivity contribution in [1.82, 2.24) is 5.32 Å². The Kier molecular flexibility index (Phi) is 2.92. The number of hydrogen-bond acceptors (Lipinski definition) is 2. The molecule has 1 N–H and O–H groups in total. The summed E-state index contributed by atoms with van der Waals surface area (Å²) in [5.41, 5.74) is 1.54. The molecule has 1 aromatic heterocycles. The Balaban J connectivity index is 1.85. The largest absolute Gasteiger partial charge is 0.463 e. The molecule has 0 unspecified atom stereocenters. The number of furan rings is 1. The lowest BCUT2D eigenvalue weighted by Crippen LogP contribution is -2.19. The van der Waals surface area contributed by atoms with Gasteiger partial charge in [0.2, 0.25) is 0 Å². The molecule has 4 heteroatoms. The molecule has 17 heavy (non-hydrogen) atoms. The minimum Gasteiger partial charge on any atom is -0.463 e. The minimum atomic E-state index is -0.210. The highest BCUT2D eigenvalue weighted by molar-refractivity contribution is 9.10. The van der Waals surface area contributed by atoms with Crippen LogP contribution < -0.4 is 5.32 Å². The highest BCUT2D eigenvalue weighted by Crippen LogP contribution is 2.30. The number of hydrogen-bond donors (Lipinski definition) is 1. The number of nitrogens with one attached hydrogen (secondary N) is 1. The molecule has 2 aromatic rings. The van der Waals surface area contributed by atoms with E-state index in [1.54, 1.807) is 12.3 Å². The second-order valence-corrected chi connectivity index (χ2v) is 5.33. The van der Waals surface area contributed by atoms with Crippen molar-refractivity contribution in [2.45, 2.75) is 25.3 Å². The van der Waals surface area contributed by atoms with E-state index in [0.717, 1.165) is 23.0 Å². The molecule has 1 heterocycles. The third-order valence-corrected chi connectivity index (χ3v) is 3.73. The molecular formula is C13H13BrFNO. The van der Waals surface area contributed by atoms with Crippen molar-refractivity contribution in [2.75, 3.05) is 6.54 Å². The molecule has 0 atom stereocenters. The molecule has 3 rings (SSSR count). The lowest BCUT2D eigenvalue weighted by molar-refractivity contribution is 0.602. The summed E-state index contributed by atoms with van der Waals surface area (Å²) < 4.78 is 20.0. The average Bonchev–Trinajstić information content (AvgIpc) is 3.03. The van der Waals surface area contributed by atoms with Crippen LogP contribution in [0, 0.1) is 5.82 Å². The zero-order valence-corrected chi connectivity index (χ0v) is 10.9. The summed E-state index contributed by atoms with van der Waals surface area (Å²) in [6, 6.07) is 3.83. The monoisotopic (exact) mass is 297 g/mol. The van der Waals surface area contributed by atoms with Gasteiger partial charge >= 0.3 is 0 Å². The summed E-state index contributed by atoms with van der Waals surface area (Å²) in [6.45, 7) is 0.880. The third kappa shape index (κ3) is 2.24. The van der Waals surface area contributed by atoms with Crippen molar-refractivity contribution < 1.29 is 8.81 Å². The Labute approximate surface area is 107 Å². The van der Waals surface area contributed by atoms with Crippen LogP contribution in [0.15, 0.2) is 27.3 Å². The lowest BCUT2D eigenvalue weighted by Gasteiger charge is -2.01. The fraction of sp³-hybridized carbons (Fsp3) is 0.385. The highest BCUT2D eigenvalue weighted by atomic mass is 79.9. The Morgan fingerprint density at radius 2 is 2.24 bits per heavy atom. The Morgan fingerprint density at radius 3 is 3.00 bits per heavy atom. The Bertz CT molecular complexity index is 548. The number of benzene rings is 1. The number of halogens is 2. The van der Waals surface area contributed by atoms with E-state index in [9.17, 15) is 4.39 Å². The predicted molar refractivity (Wildman–Crippen MR) is 68.6 cm³/mol. The van der Waals surface area contributed by atoms with E-state index in [-0.39, 0.29) is 5.82 Å². The fourth-order valence-corrected chi connectivity index (χ4v) is 2.44. The van der Waals surface area contributed by atoms with Gasteiger partial charge in [-0.2, -0.15) is 0 Å². The first-order chi connectivity index (χ1) is 8.25. The van der Waals surface area contributed by atoms with Crippen molar-refractivity contribution in [3.05, 3.63) is 34.2 Å². The van der Waals surface area contributed by atoms with E-state index in [4.69, 9.17) is 4.42 Å². The molecule has 0 saturated heterocycles. The topological polar surface area (TPSA) is 25.2 Å². The first-order valence-corrected chi connectivity index (χ1v) is 6.62. The van der Waals surface area contributed by atoms with E-state index in [1.807, 2.05) is 0 Å². The maximum Gasteiger partial charge on any atom is 0.151 e.